The quantitative estimate of drug-likeness (QED) is 0.348. The first kappa shape index (κ1) is 19.3. The number of guanidine groups is 1. The van der Waals surface area contributed by atoms with Gasteiger partial charge >= 0.3 is 0 Å². The third kappa shape index (κ3) is 6.92. The zero-order chi connectivity index (χ0) is 14.3. The molecule has 0 radical (unpaired) electrons. The lowest BCUT2D eigenvalue weighted by Gasteiger charge is -2.27. The maximum Gasteiger partial charge on any atom is 0.191 e. The van der Waals surface area contributed by atoms with Crippen molar-refractivity contribution in [1.29, 1.82) is 0 Å². The van der Waals surface area contributed by atoms with E-state index in [4.69, 9.17) is 0 Å². The SMILES string of the molecule is CN=C(NCCN1CCCCC1)NCC1(O)CCSC1.I. The molecule has 2 aliphatic rings. The number of halogens is 1. The number of hydrogen-bond acceptors (Lipinski definition) is 4. The van der Waals surface area contributed by atoms with E-state index >= 15 is 0 Å². The smallest absolute Gasteiger partial charge is 0.191 e. The van der Waals surface area contributed by atoms with Crippen molar-refractivity contribution < 1.29 is 5.11 Å². The highest BCUT2D eigenvalue weighted by molar-refractivity contribution is 14.0. The third-order valence-corrected chi connectivity index (χ3v) is 5.29. The molecular weight excluding hydrogens is 399 g/mol. The highest BCUT2D eigenvalue weighted by Crippen LogP contribution is 2.26. The summed E-state index contributed by atoms with van der Waals surface area (Å²) in [6.45, 7) is 5.02. The Hall–Kier alpha value is 0.270. The van der Waals surface area contributed by atoms with E-state index in [0.29, 0.717) is 6.54 Å². The molecule has 0 saturated carbocycles. The van der Waals surface area contributed by atoms with Gasteiger partial charge in [-0.25, -0.2) is 0 Å². The lowest BCUT2D eigenvalue weighted by molar-refractivity contribution is 0.0724. The number of aliphatic hydroxyl groups is 1. The van der Waals surface area contributed by atoms with E-state index < -0.39 is 5.60 Å². The molecule has 2 fully saturated rings. The summed E-state index contributed by atoms with van der Waals surface area (Å²) in [5, 5.41) is 16.9. The third-order valence-electron chi connectivity index (χ3n) is 4.06. The summed E-state index contributed by atoms with van der Waals surface area (Å²) >= 11 is 1.82. The molecule has 2 heterocycles. The van der Waals surface area contributed by atoms with Gasteiger partial charge in [-0.3, -0.25) is 4.99 Å². The summed E-state index contributed by atoms with van der Waals surface area (Å²) in [5.41, 5.74) is -0.560. The van der Waals surface area contributed by atoms with Crippen molar-refractivity contribution in [2.75, 3.05) is 51.3 Å². The van der Waals surface area contributed by atoms with E-state index in [0.717, 1.165) is 37.0 Å². The molecule has 0 bridgehead atoms. The van der Waals surface area contributed by atoms with Crippen LogP contribution in [0.25, 0.3) is 0 Å². The number of nitrogens with zero attached hydrogens (tertiary/aromatic N) is 2. The van der Waals surface area contributed by atoms with Gasteiger partial charge in [0.25, 0.3) is 0 Å². The Labute approximate surface area is 149 Å². The number of piperidine rings is 1. The first-order valence-corrected chi connectivity index (χ1v) is 8.84. The standard InChI is InChI=1S/C14H28N4OS.HI/c1-15-13(17-11-14(19)5-10-20-12-14)16-6-9-18-7-3-2-4-8-18;/h19H,2-12H2,1H3,(H2,15,16,17);1H. The summed E-state index contributed by atoms with van der Waals surface area (Å²) in [4.78, 5) is 6.73. The highest BCUT2D eigenvalue weighted by atomic mass is 127. The largest absolute Gasteiger partial charge is 0.387 e. The van der Waals surface area contributed by atoms with Crippen LogP contribution in [0.3, 0.4) is 0 Å². The van der Waals surface area contributed by atoms with Crippen LogP contribution in [-0.4, -0.2) is 72.8 Å². The number of likely N-dealkylation sites (tertiary alicyclic amines) is 1. The van der Waals surface area contributed by atoms with Gasteiger partial charge in [0.15, 0.2) is 5.96 Å². The van der Waals surface area contributed by atoms with Crippen molar-refractivity contribution in [3.8, 4) is 0 Å². The fraction of sp³-hybridized carbons (Fsp3) is 0.929. The molecule has 7 heteroatoms. The van der Waals surface area contributed by atoms with Crippen LogP contribution in [0.5, 0.6) is 0 Å². The van der Waals surface area contributed by atoms with E-state index in [1.54, 1.807) is 7.05 Å². The second-order valence-corrected chi connectivity index (χ2v) is 6.89. The van der Waals surface area contributed by atoms with Crippen LogP contribution in [0, 0.1) is 0 Å². The van der Waals surface area contributed by atoms with Crippen LogP contribution < -0.4 is 10.6 Å². The monoisotopic (exact) mass is 428 g/mol. The Morgan fingerprint density at radius 3 is 2.67 bits per heavy atom. The Morgan fingerprint density at radius 1 is 1.29 bits per heavy atom. The van der Waals surface area contributed by atoms with Crippen molar-refractivity contribution in [1.82, 2.24) is 15.5 Å². The fourth-order valence-corrected chi connectivity index (χ4v) is 4.02. The number of rotatable bonds is 5. The average Bonchev–Trinajstić information content (AvgIpc) is 2.91. The predicted octanol–water partition coefficient (Wildman–Crippen LogP) is 1.12. The predicted molar refractivity (Wildman–Crippen MR) is 102 cm³/mol. The van der Waals surface area contributed by atoms with E-state index in [1.807, 2.05) is 11.8 Å². The molecule has 0 spiro atoms. The number of hydrogen-bond donors (Lipinski definition) is 3. The van der Waals surface area contributed by atoms with Gasteiger partial charge in [0.2, 0.25) is 0 Å². The summed E-state index contributed by atoms with van der Waals surface area (Å²) in [7, 11) is 1.78. The molecule has 124 valence electrons. The molecule has 0 aromatic rings. The lowest BCUT2D eigenvalue weighted by Crippen LogP contribution is -2.48. The molecule has 3 N–H and O–H groups in total. The molecule has 5 nitrogen and oxygen atoms in total. The molecule has 21 heavy (non-hydrogen) atoms. The van der Waals surface area contributed by atoms with Crippen molar-refractivity contribution >= 4 is 41.7 Å². The van der Waals surface area contributed by atoms with Crippen molar-refractivity contribution in [3.05, 3.63) is 0 Å². The normalized spacial score (nSPS) is 27.2. The number of thioether (sulfide) groups is 1. The van der Waals surface area contributed by atoms with Gasteiger partial charge in [0.1, 0.15) is 0 Å². The Balaban J connectivity index is 0.00000220. The van der Waals surface area contributed by atoms with E-state index in [2.05, 4.69) is 20.5 Å². The number of nitrogens with one attached hydrogen (secondary N) is 2. The summed E-state index contributed by atoms with van der Waals surface area (Å²) in [6, 6.07) is 0. The second-order valence-electron chi connectivity index (χ2n) is 5.78. The zero-order valence-corrected chi connectivity index (χ0v) is 16.1. The maximum absolute atomic E-state index is 10.3. The van der Waals surface area contributed by atoms with Crippen LogP contribution in [0.4, 0.5) is 0 Å². The molecular formula is C14H29IN4OS. The summed E-state index contributed by atoms with van der Waals surface area (Å²) < 4.78 is 0. The van der Waals surface area contributed by atoms with Gasteiger partial charge in [0, 0.05) is 32.4 Å². The van der Waals surface area contributed by atoms with Crippen LogP contribution in [0.2, 0.25) is 0 Å². The van der Waals surface area contributed by atoms with Crippen LogP contribution >= 0.6 is 35.7 Å². The Morgan fingerprint density at radius 2 is 2.05 bits per heavy atom. The Bertz CT molecular complexity index is 318. The molecule has 2 saturated heterocycles. The molecule has 1 unspecified atom stereocenters. The lowest BCUT2D eigenvalue weighted by atomic mass is 10.0. The second kappa shape index (κ2) is 10.1. The summed E-state index contributed by atoms with van der Waals surface area (Å²) in [6.07, 6.45) is 4.91. The van der Waals surface area contributed by atoms with Gasteiger partial charge < -0.3 is 20.6 Å². The van der Waals surface area contributed by atoms with Crippen LogP contribution in [0.1, 0.15) is 25.7 Å². The minimum absolute atomic E-state index is 0. The first-order chi connectivity index (χ1) is 9.72. The van der Waals surface area contributed by atoms with Gasteiger partial charge in [-0.05, 0) is 38.1 Å². The first-order valence-electron chi connectivity index (χ1n) is 7.69. The molecule has 0 aromatic carbocycles. The molecule has 2 rings (SSSR count). The number of aliphatic imine (C=N–C) groups is 1. The molecule has 1 atom stereocenters. The fourth-order valence-electron chi connectivity index (χ4n) is 2.72. The van der Waals surface area contributed by atoms with Gasteiger partial charge in [-0.2, -0.15) is 11.8 Å². The van der Waals surface area contributed by atoms with Gasteiger partial charge in [0.05, 0.1) is 5.60 Å². The van der Waals surface area contributed by atoms with Crippen molar-refractivity contribution in [3.63, 3.8) is 0 Å². The topological polar surface area (TPSA) is 59.9 Å². The molecule has 0 aliphatic carbocycles. The summed E-state index contributed by atoms with van der Waals surface area (Å²) in [5.74, 6) is 2.68. The van der Waals surface area contributed by atoms with Crippen molar-refractivity contribution in [2.24, 2.45) is 4.99 Å². The maximum atomic E-state index is 10.3. The van der Waals surface area contributed by atoms with Gasteiger partial charge in [-0.1, -0.05) is 6.42 Å². The van der Waals surface area contributed by atoms with Gasteiger partial charge in [-0.15, -0.1) is 24.0 Å². The van der Waals surface area contributed by atoms with E-state index in [1.165, 1.54) is 32.4 Å². The molecule has 2 aliphatic heterocycles. The van der Waals surface area contributed by atoms with E-state index in [-0.39, 0.29) is 24.0 Å². The van der Waals surface area contributed by atoms with Crippen LogP contribution in [0.15, 0.2) is 4.99 Å². The molecule has 0 amide bonds. The minimum Gasteiger partial charge on any atom is -0.387 e. The van der Waals surface area contributed by atoms with Crippen LogP contribution in [-0.2, 0) is 0 Å². The average molecular weight is 428 g/mol. The zero-order valence-electron chi connectivity index (χ0n) is 12.9. The molecule has 0 aromatic heterocycles. The minimum atomic E-state index is -0.560. The Kier molecular flexibility index (Phi) is 9.31. The van der Waals surface area contributed by atoms with Crippen molar-refractivity contribution in [2.45, 2.75) is 31.3 Å². The van der Waals surface area contributed by atoms with E-state index in [9.17, 15) is 5.11 Å². The highest BCUT2D eigenvalue weighted by Gasteiger charge is 2.31.